The van der Waals surface area contributed by atoms with Crippen molar-refractivity contribution in [2.24, 2.45) is 0 Å². The van der Waals surface area contributed by atoms with E-state index in [1.54, 1.807) is 19.3 Å². The number of nitrogens with zero attached hydrogens (tertiary/aromatic N) is 4. The summed E-state index contributed by atoms with van der Waals surface area (Å²) >= 11 is 0. The van der Waals surface area contributed by atoms with Crippen molar-refractivity contribution in [1.29, 1.82) is 0 Å². The Morgan fingerprint density at radius 3 is 2.57 bits per heavy atom. The molecule has 0 bridgehead atoms. The Bertz CT molecular complexity index is 657. The predicted molar refractivity (Wildman–Crippen MR) is 83.4 cm³/mol. The van der Waals surface area contributed by atoms with E-state index in [1.807, 2.05) is 6.92 Å². The lowest BCUT2D eigenvalue weighted by molar-refractivity contribution is -0.115. The highest BCUT2D eigenvalue weighted by Gasteiger charge is 2.15. The molecular weight excluding hydrogens is 298 g/mol. The summed E-state index contributed by atoms with van der Waals surface area (Å²) in [6.07, 6.45) is 3.44. The van der Waals surface area contributed by atoms with Gasteiger partial charge in [0.1, 0.15) is 5.76 Å². The van der Waals surface area contributed by atoms with Gasteiger partial charge < -0.3 is 19.5 Å². The lowest BCUT2D eigenvalue weighted by Crippen LogP contribution is -2.37. The summed E-state index contributed by atoms with van der Waals surface area (Å²) in [6, 6.07) is 0. The molecule has 1 aliphatic rings. The van der Waals surface area contributed by atoms with Gasteiger partial charge in [-0.25, -0.2) is 9.97 Å². The minimum Gasteiger partial charge on any atom is -0.378 e. The van der Waals surface area contributed by atoms with Gasteiger partial charge in [-0.05, 0) is 13.8 Å². The first-order chi connectivity index (χ1) is 11.1. The second kappa shape index (κ2) is 6.74. The second-order valence-electron chi connectivity index (χ2n) is 5.40. The van der Waals surface area contributed by atoms with Crippen molar-refractivity contribution in [3.05, 3.63) is 29.4 Å². The van der Waals surface area contributed by atoms with Crippen molar-refractivity contribution >= 4 is 17.5 Å². The fourth-order valence-corrected chi connectivity index (χ4v) is 2.43. The van der Waals surface area contributed by atoms with Crippen molar-refractivity contribution in [3.63, 3.8) is 0 Å². The Morgan fingerprint density at radius 1 is 1.26 bits per heavy atom. The Labute approximate surface area is 133 Å². The number of hydrogen-bond donors (Lipinski definition) is 1. The molecule has 3 heterocycles. The highest BCUT2D eigenvalue weighted by atomic mass is 16.5. The molecule has 1 N–H and O–H groups in total. The van der Waals surface area contributed by atoms with Gasteiger partial charge in [-0.15, -0.1) is 0 Å². The van der Waals surface area contributed by atoms with Crippen LogP contribution in [0.1, 0.15) is 17.0 Å². The molecule has 0 atom stereocenters. The van der Waals surface area contributed by atoms with Crippen LogP contribution in [0.3, 0.4) is 0 Å². The van der Waals surface area contributed by atoms with Crippen molar-refractivity contribution in [2.75, 3.05) is 36.5 Å². The number of nitrogens with one attached hydrogen (secondary N) is 1. The van der Waals surface area contributed by atoms with Crippen LogP contribution in [0.2, 0.25) is 0 Å². The zero-order chi connectivity index (χ0) is 16.2. The third kappa shape index (κ3) is 3.65. The molecule has 0 aromatic carbocycles. The SMILES string of the molecule is Cc1noc(C)c1CC(=O)Nc1cnc(N2CCOCC2)nc1. The summed E-state index contributed by atoms with van der Waals surface area (Å²) < 4.78 is 10.4. The van der Waals surface area contributed by atoms with Crippen LogP contribution in [0.25, 0.3) is 0 Å². The van der Waals surface area contributed by atoms with Gasteiger partial charge in [-0.3, -0.25) is 4.79 Å². The summed E-state index contributed by atoms with van der Waals surface area (Å²) in [5.41, 5.74) is 2.11. The van der Waals surface area contributed by atoms with E-state index in [0.29, 0.717) is 30.6 Å². The van der Waals surface area contributed by atoms with E-state index in [1.165, 1.54) is 0 Å². The molecule has 1 amide bonds. The first-order valence-corrected chi connectivity index (χ1v) is 7.50. The van der Waals surface area contributed by atoms with E-state index in [-0.39, 0.29) is 12.3 Å². The minimum atomic E-state index is -0.151. The normalized spacial score (nSPS) is 14.8. The summed E-state index contributed by atoms with van der Waals surface area (Å²) in [7, 11) is 0. The topological polar surface area (TPSA) is 93.4 Å². The van der Waals surface area contributed by atoms with Gasteiger partial charge in [0.25, 0.3) is 0 Å². The van der Waals surface area contributed by atoms with Crippen LogP contribution < -0.4 is 10.2 Å². The number of morpholine rings is 1. The number of rotatable bonds is 4. The molecule has 1 fully saturated rings. The van der Waals surface area contributed by atoms with Crippen LogP contribution in [-0.2, 0) is 16.0 Å². The molecule has 23 heavy (non-hydrogen) atoms. The first kappa shape index (κ1) is 15.4. The number of aryl methyl sites for hydroxylation is 2. The number of aromatic nitrogens is 3. The van der Waals surface area contributed by atoms with Crippen LogP contribution in [0.15, 0.2) is 16.9 Å². The maximum absolute atomic E-state index is 12.1. The second-order valence-corrected chi connectivity index (χ2v) is 5.40. The highest BCUT2D eigenvalue weighted by molar-refractivity contribution is 5.92. The van der Waals surface area contributed by atoms with E-state index in [2.05, 4.69) is 25.3 Å². The third-order valence-corrected chi connectivity index (χ3v) is 3.73. The molecule has 3 rings (SSSR count). The standard InChI is InChI=1S/C15H19N5O3/c1-10-13(11(2)23-19-10)7-14(21)18-12-8-16-15(17-9-12)20-3-5-22-6-4-20/h8-9H,3-7H2,1-2H3,(H,18,21). The fraction of sp³-hybridized carbons (Fsp3) is 0.467. The lowest BCUT2D eigenvalue weighted by atomic mass is 10.1. The number of ether oxygens (including phenoxy) is 1. The van der Waals surface area contributed by atoms with Crippen LogP contribution >= 0.6 is 0 Å². The number of hydrogen-bond acceptors (Lipinski definition) is 7. The van der Waals surface area contributed by atoms with Gasteiger partial charge >= 0.3 is 0 Å². The molecule has 122 valence electrons. The molecule has 8 heteroatoms. The van der Waals surface area contributed by atoms with Crippen LogP contribution in [0.5, 0.6) is 0 Å². The Morgan fingerprint density at radius 2 is 1.96 bits per heavy atom. The monoisotopic (exact) mass is 317 g/mol. The van der Waals surface area contributed by atoms with Crippen molar-refractivity contribution in [3.8, 4) is 0 Å². The van der Waals surface area contributed by atoms with E-state index in [4.69, 9.17) is 9.26 Å². The number of amides is 1. The molecule has 2 aromatic rings. The number of anilines is 2. The quantitative estimate of drug-likeness (QED) is 0.902. The van der Waals surface area contributed by atoms with E-state index in [0.717, 1.165) is 24.3 Å². The van der Waals surface area contributed by atoms with Gasteiger partial charge in [0.05, 0.1) is 43.4 Å². The Balaban J connectivity index is 1.60. The summed E-state index contributed by atoms with van der Waals surface area (Å²) in [6.45, 7) is 6.52. The molecule has 0 saturated carbocycles. The smallest absolute Gasteiger partial charge is 0.229 e. The van der Waals surface area contributed by atoms with Gasteiger partial charge in [0, 0.05) is 18.7 Å². The first-order valence-electron chi connectivity index (χ1n) is 7.50. The minimum absolute atomic E-state index is 0.151. The van der Waals surface area contributed by atoms with E-state index < -0.39 is 0 Å². The van der Waals surface area contributed by atoms with E-state index >= 15 is 0 Å². The lowest BCUT2D eigenvalue weighted by Gasteiger charge is -2.26. The molecule has 0 aliphatic carbocycles. The van der Waals surface area contributed by atoms with Crippen molar-refractivity contribution < 1.29 is 14.1 Å². The van der Waals surface area contributed by atoms with Crippen LogP contribution in [-0.4, -0.2) is 47.3 Å². The van der Waals surface area contributed by atoms with Gasteiger partial charge in [-0.1, -0.05) is 5.16 Å². The summed E-state index contributed by atoms with van der Waals surface area (Å²) in [5.74, 6) is 1.16. The average Bonchev–Trinajstić information content (AvgIpc) is 2.88. The van der Waals surface area contributed by atoms with Gasteiger partial charge in [-0.2, -0.15) is 0 Å². The summed E-state index contributed by atoms with van der Waals surface area (Å²) in [5, 5.41) is 6.63. The zero-order valence-electron chi connectivity index (χ0n) is 13.2. The molecule has 0 spiro atoms. The van der Waals surface area contributed by atoms with Gasteiger partial charge in [0.15, 0.2) is 0 Å². The number of carbonyl (C=O) groups excluding carboxylic acids is 1. The largest absolute Gasteiger partial charge is 0.378 e. The van der Waals surface area contributed by atoms with Crippen LogP contribution in [0.4, 0.5) is 11.6 Å². The third-order valence-electron chi connectivity index (χ3n) is 3.73. The van der Waals surface area contributed by atoms with Gasteiger partial charge in [0.2, 0.25) is 11.9 Å². The average molecular weight is 317 g/mol. The molecular formula is C15H19N5O3. The molecule has 0 unspecified atom stereocenters. The van der Waals surface area contributed by atoms with Crippen molar-refractivity contribution in [1.82, 2.24) is 15.1 Å². The van der Waals surface area contributed by atoms with E-state index in [9.17, 15) is 4.79 Å². The molecule has 8 nitrogen and oxygen atoms in total. The Kier molecular flexibility index (Phi) is 4.52. The predicted octanol–water partition coefficient (Wildman–Crippen LogP) is 1.10. The highest BCUT2D eigenvalue weighted by Crippen LogP contribution is 2.15. The zero-order valence-corrected chi connectivity index (χ0v) is 13.2. The maximum atomic E-state index is 12.1. The number of carbonyl (C=O) groups is 1. The molecule has 1 aliphatic heterocycles. The molecule has 1 saturated heterocycles. The molecule has 2 aromatic heterocycles. The van der Waals surface area contributed by atoms with Crippen LogP contribution in [0, 0.1) is 13.8 Å². The summed E-state index contributed by atoms with van der Waals surface area (Å²) in [4.78, 5) is 22.8. The molecule has 0 radical (unpaired) electrons. The fourth-order valence-electron chi connectivity index (χ4n) is 2.43. The Hall–Kier alpha value is -2.48. The maximum Gasteiger partial charge on any atom is 0.229 e. The van der Waals surface area contributed by atoms with Crippen molar-refractivity contribution in [2.45, 2.75) is 20.3 Å².